The van der Waals surface area contributed by atoms with Crippen LogP contribution in [0, 0.1) is 0 Å². The molecule has 0 aliphatic carbocycles. The molecule has 1 aromatic carbocycles. The first-order chi connectivity index (χ1) is 16.9. The van der Waals surface area contributed by atoms with Gasteiger partial charge in [-0.3, -0.25) is 28.4 Å². The zero-order chi connectivity index (χ0) is 24.9. The Morgan fingerprint density at radius 3 is 2.43 bits per heavy atom. The molecule has 1 amide bonds. The molecule has 1 unspecified atom stereocenters. The molecule has 2 saturated heterocycles. The topological polar surface area (TPSA) is 120 Å². The zero-order valence-electron chi connectivity index (χ0n) is 20.1. The predicted molar refractivity (Wildman–Crippen MR) is 132 cm³/mol. The Morgan fingerprint density at radius 1 is 1.03 bits per heavy atom. The number of aromatic nitrogens is 2. The van der Waals surface area contributed by atoms with Gasteiger partial charge in [0.05, 0.1) is 32.3 Å². The third-order valence-corrected chi connectivity index (χ3v) is 6.81. The number of Topliss-reactive ketones (excluding diaryl/α,β-unsaturated/α-hetero) is 1. The number of nitrogens with zero attached hydrogens (tertiary/aromatic N) is 4. The average Bonchev–Trinajstić information content (AvgIpc) is 2.88. The molecular weight excluding hydrogens is 450 g/mol. The van der Waals surface area contributed by atoms with Crippen molar-refractivity contribution in [2.24, 2.45) is 0 Å². The van der Waals surface area contributed by atoms with Gasteiger partial charge in [-0.15, -0.1) is 0 Å². The van der Waals surface area contributed by atoms with Crippen molar-refractivity contribution in [2.45, 2.75) is 45.3 Å². The van der Waals surface area contributed by atoms with Crippen molar-refractivity contribution in [3.63, 3.8) is 0 Å². The van der Waals surface area contributed by atoms with Crippen LogP contribution in [0.1, 0.15) is 42.1 Å². The lowest BCUT2D eigenvalue weighted by atomic mass is 9.99. The van der Waals surface area contributed by atoms with Crippen LogP contribution in [0.25, 0.3) is 0 Å². The highest BCUT2D eigenvalue weighted by atomic mass is 16.5. The minimum absolute atomic E-state index is 0.00575. The Hall–Kier alpha value is -3.24. The van der Waals surface area contributed by atoms with Crippen molar-refractivity contribution >= 4 is 17.5 Å². The second-order valence-corrected chi connectivity index (χ2v) is 9.01. The number of nitrogens with two attached hydrogens (primary N) is 1. The fourth-order valence-electron chi connectivity index (χ4n) is 4.89. The van der Waals surface area contributed by atoms with Gasteiger partial charge in [0.15, 0.2) is 5.78 Å². The van der Waals surface area contributed by atoms with E-state index < -0.39 is 23.1 Å². The van der Waals surface area contributed by atoms with E-state index in [4.69, 9.17) is 10.5 Å². The van der Waals surface area contributed by atoms with Crippen molar-refractivity contribution in [2.75, 3.05) is 45.1 Å². The summed E-state index contributed by atoms with van der Waals surface area (Å²) in [6.45, 7) is 4.52. The summed E-state index contributed by atoms with van der Waals surface area (Å²) in [6.07, 6.45) is 2.42. The van der Waals surface area contributed by atoms with E-state index in [9.17, 15) is 19.2 Å². The van der Waals surface area contributed by atoms with Gasteiger partial charge >= 0.3 is 5.69 Å². The zero-order valence-corrected chi connectivity index (χ0v) is 20.1. The minimum atomic E-state index is -0.683. The quantitative estimate of drug-likeness (QED) is 0.571. The Labute approximate surface area is 203 Å². The van der Waals surface area contributed by atoms with E-state index >= 15 is 0 Å². The second-order valence-electron chi connectivity index (χ2n) is 9.01. The monoisotopic (exact) mass is 483 g/mol. The largest absolute Gasteiger partial charge is 0.384 e. The van der Waals surface area contributed by atoms with Crippen LogP contribution in [0.15, 0.2) is 39.9 Å². The van der Waals surface area contributed by atoms with Crippen LogP contribution in [0.2, 0.25) is 0 Å². The summed E-state index contributed by atoms with van der Waals surface area (Å²) in [5.41, 5.74) is 5.70. The summed E-state index contributed by atoms with van der Waals surface area (Å²) in [7, 11) is 0. The van der Waals surface area contributed by atoms with Gasteiger partial charge in [-0.05, 0) is 31.9 Å². The predicted octanol–water partition coefficient (Wildman–Crippen LogP) is 0.556. The standard InChI is InChI=1S/C25H33N5O5/c1-2-29-24(33)21(22(26)30(25(29)34)16-18-8-4-3-5-9-18)20(31)17-28-11-7-6-10-19(28)23(32)27-12-14-35-15-13-27/h3-5,8-9,19H,2,6-7,10-17,26H2,1H3. The number of ether oxygens (including phenoxy) is 1. The first-order valence-corrected chi connectivity index (χ1v) is 12.2. The van der Waals surface area contributed by atoms with E-state index in [2.05, 4.69) is 0 Å². The smallest absolute Gasteiger partial charge is 0.332 e. The third kappa shape index (κ3) is 5.23. The molecule has 2 aliphatic rings. The molecule has 10 nitrogen and oxygen atoms in total. The van der Waals surface area contributed by atoms with Gasteiger partial charge in [-0.1, -0.05) is 36.8 Å². The molecule has 2 N–H and O–H groups in total. The maximum absolute atomic E-state index is 13.5. The number of carbonyl (C=O) groups is 2. The van der Waals surface area contributed by atoms with Gasteiger partial charge in [0, 0.05) is 19.6 Å². The fraction of sp³-hybridized carbons (Fsp3) is 0.520. The number of likely N-dealkylation sites (tertiary alicyclic amines) is 1. The number of nitrogen functional groups attached to an aromatic ring is 1. The highest BCUT2D eigenvalue weighted by molar-refractivity contribution is 6.01. The molecule has 1 aromatic heterocycles. The van der Waals surface area contributed by atoms with Crippen LogP contribution in [0.3, 0.4) is 0 Å². The van der Waals surface area contributed by atoms with Crippen LogP contribution < -0.4 is 17.0 Å². The third-order valence-electron chi connectivity index (χ3n) is 6.81. The lowest BCUT2D eigenvalue weighted by Gasteiger charge is -2.38. The Balaban J connectivity index is 1.63. The van der Waals surface area contributed by atoms with E-state index in [1.165, 1.54) is 4.57 Å². The van der Waals surface area contributed by atoms with E-state index in [-0.39, 0.29) is 36.9 Å². The summed E-state index contributed by atoms with van der Waals surface area (Å²) in [6, 6.07) is 8.84. The second kappa shape index (κ2) is 11.0. The Bertz CT molecular complexity index is 1180. The molecule has 3 heterocycles. The van der Waals surface area contributed by atoms with Gasteiger partial charge < -0.3 is 15.4 Å². The summed E-state index contributed by atoms with van der Waals surface area (Å²) < 4.78 is 7.68. The Morgan fingerprint density at radius 2 is 1.74 bits per heavy atom. The van der Waals surface area contributed by atoms with Gasteiger partial charge in [-0.2, -0.15) is 0 Å². The van der Waals surface area contributed by atoms with E-state index in [0.717, 1.165) is 23.0 Å². The number of hydrogen-bond acceptors (Lipinski definition) is 7. The fourth-order valence-corrected chi connectivity index (χ4v) is 4.89. The van der Waals surface area contributed by atoms with Crippen LogP contribution in [-0.2, 0) is 22.6 Å². The molecule has 35 heavy (non-hydrogen) atoms. The van der Waals surface area contributed by atoms with Crippen molar-refractivity contribution in [3.05, 3.63) is 62.3 Å². The van der Waals surface area contributed by atoms with Crippen LogP contribution >= 0.6 is 0 Å². The van der Waals surface area contributed by atoms with Gasteiger partial charge in [0.2, 0.25) is 5.91 Å². The summed E-state index contributed by atoms with van der Waals surface area (Å²) in [5.74, 6) is -0.612. The number of morpholine rings is 1. The molecular formula is C25H33N5O5. The Kier molecular flexibility index (Phi) is 7.82. The minimum Gasteiger partial charge on any atom is -0.384 e. The summed E-state index contributed by atoms with van der Waals surface area (Å²) >= 11 is 0. The normalized spacial score (nSPS) is 19.0. The van der Waals surface area contributed by atoms with Crippen molar-refractivity contribution < 1.29 is 14.3 Å². The molecule has 188 valence electrons. The molecule has 2 fully saturated rings. The molecule has 0 spiro atoms. The number of hydrogen-bond donors (Lipinski definition) is 1. The number of rotatable bonds is 7. The number of carbonyl (C=O) groups excluding carboxylic acids is 2. The van der Waals surface area contributed by atoms with Crippen molar-refractivity contribution in [1.29, 1.82) is 0 Å². The summed E-state index contributed by atoms with van der Waals surface area (Å²) in [5, 5.41) is 0. The first-order valence-electron chi connectivity index (χ1n) is 12.2. The average molecular weight is 484 g/mol. The van der Waals surface area contributed by atoms with Crippen molar-refractivity contribution in [3.8, 4) is 0 Å². The lowest BCUT2D eigenvalue weighted by molar-refractivity contribution is -0.142. The molecule has 1 atom stereocenters. The van der Waals surface area contributed by atoms with E-state index in [1.54, 1.807) is 11.8 Å². The molecule has 10 heteroatoms. The first kappa shape index (κ1) is 24.9. The maximum atomic E-state index is 13.5. The number of amides is 1. The number of benzene rings is 1. The van der Waals surface area contributed by atoms with Crippen LogP contribution in [-0.4, -0.2) is 76.1 Å². The van der Waals surface area contributed by atoms with E-state index in [1.807, 2.05) is 35.2 Å². The van der Waals surface area contributed by atoms with Crippen molar-refractivity contribution in [1.82, 2.24) is 18.9 Å². The molecule has 2 aromatic rings. The molecule has 0 saturated carbocycles. The van der Waals surface area contributed by atoms with Gasteiger partial charge in [-0.25, -0.2) is 4.79 Å². The molecule has 0 radical (unpaired) electrons. The van der Waals surface area contributed by atoms with Crippen LogP contribution in [0.5, 0.6) is 0 Å². The van der Waals surface area contributed by atoms with E-state index in [0.29, 0.717) is 39.3 Å². The number of ketones is 1. The number of anilines is 1. The highest BCUT2D eigenvalue weighted by Crippen LogP contribution is 2.21. The van der Waals surface area contributed by atoms with Crippen LogP contribution in [0.4, 0.5) is 5.82 Å². The van der Waals surface area contributed by atoms with Gasteiger partial charge in [0.25, 0.3) is 5.56 Å². The highest BCUT2D eigenvalue weighted by Gasteiger charge is 2.34. The van der Waals surface area contributed by atoms with Gasteiger partial charge in [0.1, 0.15) is 11.4 Å². The molecule has 4 rings (SSSR count). The molecule has 0 bridgehead atoms. The molecule has 2 aliphatic heterocycles. The maximum Gasteiger partial charge on any atom is 0.332 e. The SMILES string of the molecule is CCn1c(=O)c(C(=O)CN2CCCCC2C(=O)N2CCOCC2)c(N)n(Cc2ccccc2)c1=O. The summed E-state index contributed by atoms with van der Waals surface area (Å²) in [4.78, 5) is 56.5. The number of piperidine rings is 1. The lowest BCUT2D eigenvalue weighted by Crippen LogP contribution is -2.55.